The summed E-state index contributed by atoms with van der Waals surface area (Å²) in [6.07, 6.45) is 6.91. The Bertz CT molecular complexity index is 722. The zero-order chi connectivity index (χ0) is 18.6. The third-order valence-corrected chi connectivity index (χ3v) is 4.64. The average Bonchev–Trinajstić information content (AvgIpc) is 2.60. The summed E-state index contributed by atoms with van der Waals surface area (Å²) in [7, 11) is 2.96. The zero-order valence-corrected chi connectivity index (χ0v) is 15.3. The lowest BCUT2D eigenvalue weighted by Gasteiger charge is -2.32. The minimum absolute atomic E-state index is 0.00474. The van der Waals surface area contributed by atoms with Gasteiger partial charge in [0.15, 0.2) is 5.78 Å². The first kappa shape index (κ1) is 18.8. The molecule has 0 bridgehead atoms. The van der Waals surface area contributed by atoms with Crippen molar-refractivity contribution in [3.63, 3.8) is 0 Å². The number of methoxy groups -OCH3 is 2. The highest BCUT2D eigenvalue weighted by Crippen LogP contribution is 2.38. The van der Waals surface area contributed by atoms with Crippen LogP contribution in [0.25, 0.3) is 0 Å². The lowest BCUT2D eigenvalue weighted by atomic mass is 9.78. The van der Waals surface area contributed by atoms with E-state index in [0.717, 1.165) is 22.7 Å². The average molecular weight is 343 g/mol. The van der Waals surface area contributed by atoms with Crippen LogP contribution in [0.15, 0.2) is 58.7 Å². The van der Waals surface area contributed by atoms with Crippen LogP contribution in [0.3, 0.4) is 0 Å². The second-order valence-electron chi connectivity index (χ2n) is 6.11. The Morgan fingerprint density at radius 3 is 2.56 bits per heavy atom. The van der Waals surface area contributed by atoms with Crippen molar-refractivity contribution < 1.29 is 19.1 Å². The van der Waals surface area contributed by atoms with Gasteiger partial charge in [-0.25, -0.2) is 4.79 Å². The highest BCUT2D eigenvalue weighted by Gasteiger charge is 2.34. The van der Waals surface area contributed by atoms with Crippen molar-refractivity contribution >= 4 is 11.8 Å². The molecule has 1 unspecified atom stereocenters. The van der Waals surface area contributed by atoms with E-state index >= 15 is 0 Å². The van der Waals surface area contributed by atoms with Crippen LogP contribution in [-0.4, -0.2) is 26.0 Å². The van der Waals surface area contributed by atoms with Gasteiger partial charge in [-0.15, -0.1) is 0 Å². The molecule has 5 nitrogen and oxygen atoms in total. The maximum absolute atomic E-state index is 12.7. The Balaban J connectivity index is 2.34. The first-order chi connectivity index (χ1) is 12.0. The van der Waals surface area contributed by atoms with Gasteiger partial charge in [-0.3, -0.25) is 4.79 Å². The minimum atomic E-state index is -0.395. The van der Waals surface area contributed by atoms with Crippen molar-refractivity contribution in [1.29, 1.82) is 0 Å². The quantitative estimate of drug-likeness (QED) is 0.471. The Morgan fingerprint density at radius 1 is 1.28 bits per heavy atom. The normalized spacial score (nSPS) is 21.6. The van der Waals surface area contributed by atoms with E-state index in [9.17, 15) is 9.59 Å². The molecular formula is C20H25NO4. The molecule has 0 aromatic rings. The molecule has 0 fully saturated rings. The smallest absolute Gasteiger partial charge is 0.335 e. The van der Waals surface area contributed by atoms with Gasteiger partial charge in [-0.05, 0) is 31.9 Å². The molecule has 25 heavy (non-hydrogen) atoms. The van der Waals surface area contributed by atoms with E-state index in [-0.39, 0.29) is 11.7 Å². The molecule has 0 spiro atoms. The fourth-order valence-corrected chi connectivity index (χ4v) is 3.37. The van der Waals surface area contributed by atoms with E-state index in [1.807, 2.05) is 26.0 Å². The number of ketones is 1. The standard InChI is InChI=1S/C20H25NO4/c1-6-8-19(24-4)14(7-2)13-9-17-16(18(22)10-13)11-15(12(3)21-17)20(23)25-5/h6-8,13,21H,2,9-11H2,1,3-5H3/b8-6-,19-14-. The predicted molar refractivity (Wildman–Crippen MR) is 96.3 cm³/mol. The fraction of sp³-hybridized carbons (Fsp3) is 0.400. The predicted octanol–water partition coefficient (Wildman–Crippen LogP) is 3.32. The summed E-state index contributed by atoms with van der Waals surface area (Å²) in [5.74, 6) is 0.364. The van der Waals surface area contributed by atoms with Gasteiger partial charge in [0, 0.05) is 35.7 Å². The lowest BCUT2D eigenvalue weighted by molar-refractivity contribution is -0.136. The molecule has 2 rings (SSSR count). The Labute approximate surface area is 148 Å². The molecule has 1 atom stereocenters. The number of allylic oxidation sites excluding steroid dienone is 7. The van der Waals surface area contributed by atoms with Crippen LogP contribution in [-0.2, 0) is 19.1 Å². The van der Waals surface area contributed by atoms with E-state index in [0.29, 0.717) is 30.4 Å². The van der Waals surface area contributed by atoms with Crippen LogP contribution in [0.5, 0.6) is 0 Å². The number of carbonyl (C=O) groups excluding carboxylic acids is 2. The van der Waals surface area contributed by atoms with Crippen LogP contribution in [0.2, 0.25) is 0 Å². The first-order valence-corrected chi connectivity index (χ1v) is 8.30. The van der Waals surface area contributed by atoms with Crippen LogP contribution >= 0.6 is 0 Å². The molecule has 0 radical (unpaired) electrons. The molecule has 0 amide bonds. The van der Waals surface area contributed by atoms with Gasteiger partial charge < -0.3 is 14.8 Å². The number of ether oxygens (including phenoxy) is 2. The maximum atomic E-state index is 12.7. The number of carbonyl (C=O) groups is 2. The molecule has 0 aromatic carbocycles. The summed E-state index contributed by atoms with van der Waals surface area (Å²) in [6.45, 7) is 7.63. The zero-order valence-electron chi connectivity index (χ0n) is 15.3. The summed E-state index contributed by atoms with van der Waals surface area (Å²) < 4.78 is 10.3. The second-order valence-corrected chi connectivity index (χ2v) is 6.11. The number of dihydropyridines is 1. The molecule has 1 aliphatic carbocycles. The summed E-state index contributed by atoms with van der Waals surface area (Å²) in [5, 5.41) is 3.23. The van der Waals surface area contributed by atoms with E-state index in [4.69, 9.17) is 9.47 Å². The Kier molecular flexibility index (Phi) is 6.02. The van der Waals surface area contributed by atoms with Crippen molar-refractivity contribution in [3.05, 3.63) is 58.7 Å². The van der Waals surface area contributed by atoms with Gasteiger partial charge in [0.05, 0.1) is 19.8 Å². The Hall–Kier alpha value is -2.56. The van der Waals surface area contributed by atoms with Crippen molar-refractivity contribution in [3.8, 4) is 0 Å². The van der Waals surface area contributed by atoms with Gasteiger partial charge in [-0.1, -0.05) is 18.7 Å². The van der Waals surface area contributed by atoms with Gasteiger partial charge in [-0.2, -0.15) is 0 Å². The minimum Gasteiger partial charge on any atom is -0.496 e. The van der Waals surface area contributed by atoms with Crippen molar-refractivity contribution in [2.75, 3.05) is 14.2 Å². The largest absolute Gasteiger partial charge is 0.496 e. The summed E-state index contributed by atoms with van der Waals surface area (Å²) in [5.41, 5.74) is 3.72. The van der Waals surface area contributed by atoms with E-state index < -0.39 is 5.97 Å². The monoisotopic (exact) mass is 343 g/mol. The van der Waals surface area contributed by atoms with Gasteiger partial charge >= 0.3 is 5.97 Å². The maximum Gasteiger partial charge on any atom is 0.335 e. The van der Waals surface area contributed by atoms with Crippen LogP contribution < -0.4 is 5.32 Å². The van der Waals surface area contributed by atoms with Crippen molar-refractivity contribution in [2.45, 2.75) is 33.1 Å². The van der Waals surface area contributed by atoms with Crippen LogP contribution in [0.1, 0.15) is 33.1 Å². The summed E-state index contributed by atoms with van der Waals surface area (Å²) >= 11 is 0. The third kappa shape index (κ3) is 3.76. The van der Waals surface area contributed by atoms with Gasteiger partial charge in [0.1, 0.15) is 5.76 Å². The number of esters is 1. The molecular weight excluding hydrogens is 318 g/mol. The molecule has 0 saturated carbocycles. The van der Waals surface area contributed by atoms with Crippen LogP contribution in [0, 0.1) is 5.92 Å². The molecule has 1 aliphatic heterocycles. The summed E-state index contributed by atoms with van der Waals surface area (Å²) in [4.78, 5) is 24.6. The molecule has 134 valence electrons. The molecule has 1 N–H and O–H groups in total. The molecule has 5 heteroatoms. The highest BCUT2D eigenvalue weighted by atomic mass is 16.5. The fourth-order valence-electron chi connectivity index (χ4n) is 3.37. The Morgan fingerprint density at radius 2 is 2.00 bits per heavy atom. The van der Waals surface area contributed by atoms with E-state index in [1.54, 1.807) is 13.2 Å². The number of rotatable bonds is 5. The van der Waals surface area contributed by atoms with Crippen molar-refractivity contribution in [2.24, 2.45) is 5.92 Å². The second kappa shape index (κ2) is 8.01. The molecule has 1 heterocycles. The molecule has 2 aliphatic rings. The topological polar surface area (TPSA) is 64.6 Å². The van der Waals surface area contributed by atoms with Crippen LogP contribution in [0.4, 0.5) is 0 Å². The van der Waals surface area contributed by atoms with E-state index in [2.05, 4.69) is 11.9 Å². The van der Waals surface area contributed by atoms with Gasteiger partial charge in [0.25, 0.3) is 0 Å². The molecule has 0 saturated heterocycles. The third-order valence-electron chi connectivity index (χ3n) is 4.64. The number of Topliss-reactive ketones (excluding diaryl/α,β-unsaturated/α-hetero) is 1. The highest BCUT2D eigenvalue weighted by molar-refractivity contribution is 6.01. The van der Waals surface area contributed by atoms with E-state index in [1.165, 1.54) is 7.11 Å². The lowest BCUT2D eigenvalue weighted by Crippen LogP contribution is -2.32. The summed E-state index contributed by atoms with van der Waals surface area (Å²) in [6, 6.07) is 0. The van der Waals surface area contributed by atoms with Gasteiger partial charge in [0.2, 0.25) is 0 Å². The number of hydrogen-bond donors (Lipinski definition) is 1. The first-order valence-electron chi connectivity index (χ1n) is 8.30. The number of hydrogen-bond acceptors (Lipinski definition) is 5. The molecule has 0 aromatic heterocycles. The van der Waals surface area contributed by atoms with Crippen molar-refractivity contribution in [1.82, 2.24) is 5.32 Å². The number of nitrogens with one attached hydrogen (secondary N) is 1. The SMILES string of the molecule is C=C/C(=C(\C=C/C)OC)C1CC(=O)C2=C(C1)NC(C)=C(C(=O)OC)C2.